The van der Waals surface area contributed by atoms with Crippen molar-refractivity contribution < 1.29 is 14.3 Å². The standard InChI is InChI=1S/C17H13FO2/c1-9-3-5-12-15(8-16(19)20)14-7-11(18)4-6-13(14)17(12)10(9)2/h3-8H,1-2H3,(H,19,20)/b15-8+. The average molecular weight is 268 g/mol. The molecule has 0 unspecified atom stereocenters. The Labute approximate surface area is 116 Å². The van der Waals surface area contributed by atoms with E-state index < -0.39 is 5.97 Å². The van der Waals surface area contributed by atoms with Gasteiger partial charge in [-0.2, -0.15) is 0 Å². The minimum absolute atomic E-state index is 0.359. The van der Waals surface area contributed by atoms with Gasteiger partial charge in [-0.25, -0.2) is 9.18 Å². The highest BCUT2D eigenvalue weighted by molar-refractivity contribution is 6.07. The summed E-state index contributed by atoms with van der Waals surface area (Å²) in [7, 11) is 0. The van der Waals surface area contributed by atoms with Crippen LogP contribution in [0.4, 0.5) is 4.39 Å². The van der Waals surface area contributed by atoms with Crippen molar-refractivity contribution in [2.75, 3.05) is 0 Å². The van der Waals surface area contributed by atoms with Gasteiger partial charge in [0, 0.05) is 6.08 Å². The number of rotatable bonds is 1. The topological polar surface area (TPSA) is 37.3 Å². The fourth-order valence-corrected chi connectivity index (χ4v) is 2.77. The molecule has 0 radical (unpaired) electrons. The van der Waals surface area contributed by atoms with Crippen molar-refractivity contribution in [3.05, 3.63) is 64.5 Å². The molecule has 0 saturated heterocycles. The van der Waals surface area contributed by atoms with Crippen molar-refractivity contribution in [1.29, 1.82) is 0 Å². The van der Waals surface area contributed by atoms with Gasteiger partial charge in [-0.3, -0.25) is 0 Å². The van der Waals surface area contributed by atoms with Crippen molar-refractivity contribution >= 4 is 11.5 Å². The molecular weight excluding hydrogens is 255 g/mol. The van der Waals surface area contributed by atoms with Crippen molar-refractivity contribution in [2.24, 2.45) is 0 Å². The second-order valence-electron chi connectivity index (χ2n) is 5.02. The zero-order chi connectivity index (χ0) is 14.4. The van der Waals surface area contributed by atoms with Crippen molar-refractivity contribution in [3.8, 4) is 11.1 Å². The first-order chi connectivity index (χ1) is 9.49. The van der Waals surface area contributed by atoms with E-state index in [-0.39, 0.29) is 5.82 Å². The van der Waals surface area contributed by atoms with Crippen LogP contribution in [0.25, 0.3) is 16.7 Å². The second-order valence-corrected chi connectivity index (χ2v) is 5.02. The van der Waals surface area contributed by atoms with Crippen LogP contribution in [0.1, 0.15) is 22.3 Å². The number of carboxylic acid groups (broad SMARTS) is 1. The zero-order valence-corrected chi connectivity index (χ0v) is 11.2. The van der Waals surface area contributed by atoms with Crippen LogP contribution >= 0.6 is 0 Å². The molecule has 0 fully saturated rings. The Balaban J connectivity index is 2.41. The number of carbonyl (C=O) groups is 1. The van der Waals surface area contributed by atoms with Crippen LogP contribution in [0.3, 0.4) is 0 Å². The van der Waals surface area contributed by atoms with Crippen molar-refractivity contribution in [3.63, 3.8) is 0 Å². The molecule has 0 atom stereocenters. The predicted octanol–water partition coefficient (Wildman–Crippen LogP) is 3.94. The molecule has 2 aromatic rings. The highest BCUT2D eigenvalue weighted by Gasteiger charge is 2.26. The minimum atomic E-state index is -1.03. The van der Waals surface area contributed by atoms with E-state index >= 15 is 0 Å². The highest BCUT2D eigenvalue weighted by atomic mass is 19.1. The molecule has 100 valence electrons. The zero-order valence-electron chi connectivity index (χ0n) is 11.2. The number of carboxylic acids is 1. The van der Waals surface area contributed by atoms with Crippen LogP contribution in [0.2, 0.25) is 0 Å². The number of hydrogen-bond acceptors (Lipinski definition) is 1. The first kappa shape index (κ1) is 12.6. The van der Waals surface area contributed by atoms with Gasteiger partial charge in [0.1, 0.15) is 5.82 Å². The summed E-state index contributed by atoms with van der Waals surface area (Å²) >= 11 is 0. The summed E-state index contributed by atoms with van der Waals surface area (Å²) in [6.07, 6.45) is 1.15. The van der Waals surface area contributed by atoms with Gasteiger partial charge < -0.3 is 5.11 Å². The van der Waals surface area contributed by atoms with Crippen molar-refractivity contribution in [1.82, 2.24) is 0 Å². The summed E-state index contributed by atoms with van der Waals surface area (Å²) < 4.78 is 13.5. The lowest BCUT2D eigenvalue weighted by Crippen LogP contribution is -1.92. The number of aliphatic carboxylic acids is 1. The maximum Gasteiger partial charge on any atom is 0.328 e. The largest absolute Gasteiger partial charge is 0.478 e. The van der Waals surface area contributed by atoms with Gasteiger partial charge in [0.2, 0.25) is 0 Å². The predicted molar refractivity (Wildman–Crippen MR) is 76.0 cm³/mol. The summed E-state index contributed by atoms with van der Waals surface area (Å²) in [6.45, 7) is 4.02. The molecule has 0 aliphatic heterocycles. The molecule has 0 aromatic heterocycles. The number of aryl methyl sites for hydroxylation is 1. The Kier molecular flexibility index (Phi) is 2.71. The molecule has 2 aromatic carbocycles. The molecule has 20 heavy (non-hydrogen) atoms. The van der Waals surface area contributed by atoms with Crippen LogP contribution in [0.15, 0.2) is 36.4 Å². The maximum absolute atomic E-state index is 13.5. The Hall–Kier alpha value is -2.42. The third kappa shape index (κ3) is 1.74. The molecule has 1 aliphatic carbocycles. The Morgan fingerprint density at radius 3 is 2.50 bits per heavy atom. The molecule has 3 rings (SSSR count). The fraction of sp³-hybridized carbons (Fsp3) is 0.118. The molecule has 2 nitrogen and oxygen atoms in total. The van der Waals surface area contributed by atoms with Crippen molar-refractivity contribution in [2.45, 2.75) is 13.8 Å². The van der Waals surface area contributed by atoms with E-state index in [1.54, 1.807) is 6.07 Å². The van der Waals surface area contributed by atoms with E-state index in [4.69, 9.17) is 5.11 Å². The lowest BCUT2D eigenvalue weighted by Gasteiger charge is -2.08. The molecule has 0 bridgehead atoms. The van der Waals surface area contributed by atoms with E-state index in [1.165, 1.54) is 12.1 Å². The molecule has 1 aliphatic rings. The lowest BCUT2D eigenvalue weighted by molar-refractivity contribution is -0.131. The molecule has 3 heteroatoms. The first-order valence-electron chi connectivity index (χ1n) is 6.34. The quantitative estimate of drug-likeness (QED) is 0.679. The monoisotopic (exact) mass is 268 g/mol. The number of fused-ring (bicyclic) bond motifs is 3. The number of halogens is 1. The van der Waals surface area contributed by atoms with E-state index in [1.807, 2.05) is 26.0 Å². The molecule has 0 amide bonds. The van der Waals surface area contributed by atoms with Crippen LogP contribution in [0, 0.1) is 19.7 Å². The highest BCUT2D eigenvalue weighted by Crippen LogP contribution is 2.46. The van der Waals surface area contributed by atoms with E-state index in [0.29, 0.717) is 11.1 Å². The van der Waals surface area contributed by atoms with E-state index in [0.717, 1.165) is 33.9 Å². The second kappa shape index (κ2) is 4.30. The summed E-state index contributed by atoms with van der Waals surface area (Å²) in [5.41, 5.74) is 6.22. The van der Waals surface area contributed by atoms with Crippen LogP contribution in [-0.2, 0) is 4.79 Å². The van der Waals surface area contributed by atoms with Gasteiger partial charge in [-0.1, -0.05) is 18.2 Å². The molecular formula is C17H13FO2. The Morgan fingerprint density at radius 1 is 1.10 bits per heavy atom. The smallest absolute Gasteiger partial charge is 0.328 e. The molecule has 0 saturated carbocycles. The first-order valence-corrected chi connectivity index (χ1v) is 6.34. The maximum atomic E-state index is 13.5. The third-order valence-corrected chi connectivity index (χ3v) is 3.83. The van der Waals surface area contributed by atoms with Gasteiger partial charge in [0.25, 0.3) is 0 Å². The summed E-state index contributed by atoms with van der Waals surface area (Å²) in [5, 5.41) is 9.05. The van der Waals surface area contributed by atoms with Gasteiger partial charge in [-0.05, 0) is 64.9 Å². The van der Waals surface area contributed by atoms with Crippen LogP contribution in [-0.4, -0.2) is 11.1 Å². The lowest BCUT2D eigenvalue weighted by atomic mass is 9.96. The minimum Gasteiger partial charge on any atom is -0.478 e. The Bertz CT molecular complexity index is 773. The Morgan fingerprint density at radius 2 is 1.80 bits per heavy atom. The fourth-order valence-electron chi connectivity index (χ4n) is 2.77. The van der Waals surface area contributed by atoms with Crippen LogP contribution < -0.4 is 0 Å². The average Bonchev–Trinajstić information content (AvgIpc) is 2.68. The van der Waals surface area contributed by atoms with E-state index in [2.05, 4.69) is 0 Å². The van der Waals surface area contributed by atoms with Gasteiger partial charge in [-0.15, -0.1) is 0 Å². The third-order valence-electron chi connectivity index (χ3n) is 3.83. The van der Waals surface area contributed by atoms with Crippen LogP contribution in [0.5, 0.6) is 0 Å². The SMILES string of the molecule is Cc1ccc2c(c1C)-c1ccc(F)cc1/C2=C/C(=O)O. The number of hydrogen-bond donors (Lipinski definition) is 1. The molecule has 1 N–H and O–H groups in total. The van der Waals surface area contributed by atoms with Gasteiger partial charge in [0.15, 0.2) is 0 Å². The summed E-state index contributed by atoms with van der Waals surface area (Å²) in [4.78, 5) is 11.0. The van der Waals surface area contributed by atoms with Gasteiger partial charge >= 0.3 is 5.97 Å². The summed E-state index contributed by atoms with van der Waals surface area (Å²) in [5.74, 6) is -1.39. The molecule has 0 heterocycles. The normalized spacial score (nSPS) is 14.2. The molecule has 0 spiro atoms. The van der Waals surface area contributed by atoms with E-state index in [9.17, 15) is 9.18 Å². The van der Waals surface area contributed by atoms with Gasteiger partial charge in [0.05, 0.1) is 0 Å². The number of benzene rings is 2. The summed E-state index contributed by atoms with van der Waals surface area (Å²) in [6, 6.07) is 8.40.